The minimum atomic E-state index is -0.642. The van der Waals surface area contributed by atoms with Crippen LogP contribution >= 0.6 is 11.6 Å². The third-order valence-electron chi connectivity index (χ3n) is 4.39. The van der Waals surface area contributed by atoms with Crippen molar-refractivity contribution in [2.75, 3.05) is 0 Å². The number of aromatic amines is 1. The number of carbonyl (C=O) groups is 1. The summed E-state index contributed by atoms with van der Waals surface area (Å²) in [6.07, 6.45) is -0.487. The lowest BCUT2D eigenvalue weighted by Crippen LogP contribution is -2.27. The lowest BCUT2D eigenvalue weighted by Gasteiger charge is -2.20. The highest BCUT2D eigenvalue weighted by Crippen LogP contribution is 2.33. The predicted octanol–water partition coefficient (Wildman–Crippen LogP) is 5.11. The van der Waals surface area contributed by atoms with E-state index in [1.807, 2.05) is 39.0 Å². The molecular weight excluding hydrogens is 378 g/mol. The van der Waals surface area contributed by atoms with E-state index in [0.29, 0.717) is 21.9 Å². The van der Waals surface area contributed by atoms with Crippen LogP contribution in [0.2, 0.25) is 5.02 Å². The fraction of sp³-hybridized carbons (Fsp3) is 0.238. The maximum absolute atomic E-state index is 13.0. The van der Waals surface area contributed by atoms with Crippen LogP contribution in [0, 0.1) is 0 Å². The molecule has 0 aliphatic carbocycles. The first kappa shape index (κ1) is 18.5. The second-order valence-electron chi connectivity index (χ2n) is 7.66. The summed E-state index contributed by atoms with van der Waals surface area (Å²) in [4.78, 5) is 13.0. The van der Waals surface area contributed by atoms with Crippen molar-refractivity contribution in [3.8, 4) is 11.4 Å². The standard InChI is InChI=1S/C21H20ClN3O3/c1-21(2,3)28-20(27)25-17-7-4-12(11-26)8-13(17)9-18(25)19-15-6-5-14(22)10-16(15)23-24-19/h4-10,26H,11H2,1-3H3,(H,23,24). The normalized spacial score (nSPS) is 12.0. The van der Waals surface area contributed by atoms with Crippen molar-refractivity contribution >= 4 is 39.5 Å². The first-order valence-electron chi connectivity index (χ1n) is 8.89. The van der Waals surface area contributed by atoms with Gasteiger partial charge in [0.25, 0.3) is 0 Å². The van der Waals surface area contributed by atoms with Gasteiger partial charge in [-0.1, -0.05) is 17.7 Å². The number of benzene rings is 2. The van der Waals surface area contributed by atoms with Crippen molar-refractivity contribution < 1.29 is 14.6 Å². The highest BCUT2D eigenvalue weighted by molar-refractivity contribution is 6.31. The average molecular weight is 398 g/mol. The zero-order valence-corrected chi connectivity index (χ0v) is 16.5. The zero-order chi connectivity index (χ0) is 20.1. The molecule has 2 N–H and O–H groups in total. The van der Waals surface area contributed by atoms with E-state index in [4.69, 9.17) is 16.3 Å². The van der Waals surface area contributed by atoms with Crippen LogP contribution in [0.1, 0.15) is 26.3 Å². The second kappa shape index (κ2) is 6.65. The Hall–Kier alpha value is -2.83. The number of carbonyl (C=O) groups excluding carboxylic acids is 1. The minimum absolute atomic E-state index is 0.0767. The van der Waals surface area contributed by atoms with E-state index >= 15 is 0 Å². The van der Waals surface area contributed by atoms with Crippen LogP contribution in [0.25, 0.3) is 33.2 Å². The molecule has 0 atom stereocenters. The number of rotatable bonds is 2. The highest BCUT2D eigenvalue weighted by atomic mass is 35.5. The lowest BCUT2D eigenvalue weighted by atomic mass is 10.1. The Kier molecular flexibility index (Phi) is 4.40. The fourth-order valence-electron chi connectivity index (χ4n) is 3.23. The number of aromatic nitrogens is 3. The van der Waals surface area contributed by atoms with Gasteiger partial charge in [-0.05, 0) is 62.7 Å². The van der Waals surface area contributed by atoms with Gasteiger partial charge in [0.05, 0.1) is 23.3 Å². The number of hydrogen-bond donors (Lipinski definition) is 2. The molecular formula is C21H20ClN3O3. The molecule has 0 aliphatic heterocycles. The monoisotopic (exact) mass is 397 g/mol. The number of aliphatic hydroxyl groups excluding tert-OH is 1. The van der Waals surface area contributed by atoms with Crippen molar-refractivity contribution in [2.45, 2.75) is 33.0 Å². The van der Waals surface area contributed by atoms with Gasteiger partial charge in [-0.3, -0.25) is 5.10 Å². The molecule has 6 nitrogen and oxygen atoms in total. The van der Waals surface area contributed by atoms with Gasteiger partial charge in [0.2, 0.25) is 0 Å². The fourth-order valence-corrected chi connectivity index (χ4v) is 3.40. The summed E-state index contributed by atoms with van der Waals surface area (Å²) in [5, 5.41) is 19.1. The molecule has 28 heavy (non-hydrogen) atoms. The minimum Gasteiger partial charge on any atom is -0.443 e. The first-order valence-corrected chi connectivity index (χ1v) is 9.27. The summed E-state index contributed by atoms with van der Waals surface area (Å²) < 4.78 is 7.15. The molecule has 0 amide bonds. The number of hydrogen-bond acceptors (Lipinski definition) is 4. The molecule has 7 heteroatoms. The van der Waals surface area contributed by atoms with Gasteiger partial charge >= 0.3 is 6.09 Å². The summed E-state index contributed by atoms with van der Waals surface area (Å²) in [6.45, 7) is 5.40. The van der Waals surface area contributed by atoms with E-state index in [2.05, 4.69) is 10.2 Å². The van der Waals surface area contributed by atoms with Gasteiger partial charge in [-0.15, -0.1) is 0 Å². The molecule has 2 aromatic carbocycles. The molecule has 2 heterocycles. The van der Waals surface area contributed by atoms with Crippen LogP contribution in [0.3, 0.4) is 0 Å². The Morgan fingerprint density at radius 2 is 2.00 bits per heavy atom. The first-order chi connectivity index (χ1) is 13.3. The Morgan fingerprint density at radius 3 is 2.71 bits per heavy atom. The Morgan fingerprint density at radius 1 is 1.21 bits per heavy atom. The lowest BCUT2D eigenvalue weighted by molar-refractivity contribution is 0.0547. The van der Waals surface area contributed by atoms with Gasteiger partial charge < -0.3 is 9.84 Å². The van der Waals surface area contributed by atoms with E-state index in [9.17, 15) is 9.90 Å². The maximum atomic E-state index is 13.0. The Bertz CT molecular complexity index is 1200. The number of H-pyrrole nitrogens is 1. The van der Waals surface area contributed by atoms with E-state index < -0.39 is 11.7 Å². The van der Waals surface area contributed by atoms with Crippen LogP contribution in [0.15, 0.2) is 42.5 Å². The number of halogens is 1. The molecule has 144 valence electrons. The van der Waals surface area contributed by atoms with Gasteiger partial charge in [0.15, 0.2) is 0 Å². The molecule has 2 aromatic heterocycles. The number of fused-ring (bicyclic) bond motifs is 2. The number of ether oxygens (including phenoxy) is 1. The Labute approximate surface area is 166 Å². The quantitative estimate of drug-likeness (QED) is 0.492. The summed E-state index contributed by atoms with van der Waals surface area (Å²) in [6, 6.07) is 12.8. The molecule has 0 saturated heterocycles. The van der Waals surface area contributed by atoms with Gasteiger partial charge in [-0.2, -0.15) is 5.10 Å². The maximum Gasteiger partial charge on any atom is 0.419 e. The molecule has 0 unspecified atom stereocenters. The Balaban J connectivity index is 1.98. The SMILES string of the molecule is CC(C)(C)OC(=O)n1c(-c2n[nH]c3cc(Cl)ccc23)cc2cc(CO)ccc21. The van der Waals surface area contributed by atoms with Crippen LogP contribution in [0.5, 0.6) is 0 Å². The van der Waals surface area contributed by atoms with Crippen LogP contribution in [0.4, 0.5) is 4.79 Å². The zero-order valence-electron chi connectivity index (χ0n) is 15.8. The van der Waals surface area contributed by atoms with Gasteiger partial charge in [0, 0.05) is 15.8 Å². The summed E-state index contributed by atoms with van der Waals surface area (Å²) in [5.41, 5.74) is 2.81. The molecule has 0 radical (unpaired) electrons. The summed E-state index contributed by atoms with van der Waals surface area (Å²) >= 11 is 6.08. The van der Waals surface area contributed by atoms with Crippen LogP contribution in [-0.2, 0) is 11.3 Å². The number of nitrogens with zero attached hydrogens (tertiary/aromatic N) is 2. The van der Waals surface area contributed by atoms with E-state index in [-0.39, 0.29) is 6.61 Å². The average Bonchev–Trinajstić information content (AvgIpc) is 3.19. The smallest absolute Gasteiger partial charge is 0.419 e. The third kappa shape index (κ3) is 3.25. The molecule has 4 rings (SSSR count). The van der Waals surface area contributed by atoms with E-state index in [0.717, 1.165) is 21.9 Å². The molecule has 0 bridgehead atoms. The largest absolute Gasteiger partial charge is 0.443 e. The van der Waals surface area contributed by atoms with Crippen LogP contribution in [-0.4, -0.2) is 31.6 Å². The van der Waals surface area contributed by atoms with Crippen molar-refractivity contribution in [1.29, 1.82) is 0 Å². The van der Waals surface area contributed by atoms with E-state index in [1.165, 1.54) is 4.57 Å². The van der Waals surface area contributed by atoms with Crippen molar-refractivity contribution in [2.24, 2.45) is 0 Å². The highest BCUT2D eigenvalue weighted by Gasteiger charge is 2.24. The van der Waals surface area contributed by atoms with Gasteiger partial charge in [-0.25, -0.2) is 9.36 Å². The van der Waals surface area contributed by atoms with Crippen LogP contribution < -0.4 is 0 Å². The molecule has 0 saturated carbocycles. The summed E-state index contributed by atoms with van der Waals surface area (Å²) in [5.74, 6) is 0. The number of nitrogens with one attached hydrogen (secondary N) is 1. The molecule has 0 fully saturated rings. The third-order valence-corrected chi connectivity index (χ3v) is 4.63. The van der Waals surface area contributed by atoms with Crippen molar-refractivity contribution in [3.05, 3.63) is 53.1 Å². The molecule has 0 spiro atoms. The van der Waals surface area contributed by atoms with Crippen molar-refractivity contribution in [3.63, 3.8) is 0 Å². The second-order valence-corrected chi connectivity index (χ2v) is 8.10. The van der Waals surface area contributed by atoms with Gasteiger partial charge in [0.1, 0.15) is 11.3 Å². The van der Waals surface area contributed by atoms with E-state index in [1.54, 1.807) is 24.3 Å². The number of aliphatic hydroxyl groups is 1. The predicted molar refractivity (Wildman–Crippen MR) is 110 cm³/mol. The molecule has 4 aromatic rings. The molecule has 0 aliphatic rings. The van der Waals surface area contributed by atoms with Crippen molar-refractivity contribution in [1.82, 2.24) is 14.8 Å². The summed E-state index contributed by atoms with van der Waals surface area (Å²) in [7, 11) is 0. The topological polar surface area (TPSA) is 80.1 Å².